The van der Waals surface area contributed by atoms with Gasteiger partial charge in [-0.05, 0) is 30.9 Å². The molecule has 2 heteroatoms. The minimum Gasteiger partial charge on any atom is -0.342 e. The number of carbonyl (C=O) groups is 1. The number of terminal acetylenes is 1. The Labute approximate surface area is 96.1 Å². The van der Waals surface area contributed by atoms with E-state index in [-0.39, 0.29) is 17.9 Å². The Kier molecular flexibility index (Phi) is 2.96. The van der Waals surface area contributed by atoms with Crippen molar-refractivity contribution in [2.75, 3.05) is 0 Å². The van der Waals surface area contributed by atoms with E-state index >= 15 is 0 Å². The van der Waals surface area contributed by atoms with Crippen molar-refractivity contribution >= 4 is 5.91 Å². The zero-order valence-corrected chi connectivity index (χ0v) is 9.36. The lowest BCUT2D eigenvalue weighted by Gasteiger charge is -2.12. The monoisotopic (exact) mass is 213 g/mol. The fourth-order valence-electron chi connectivity index (χ4n) is 2.12. The molecule has 16 heavy (non-hydrogen) atoms. The molecule has 1 unspecified atom stereocenters. The second kappa shape index (κ2) is 4.40. The molecule has 1 aliphatic rings. The van der Waals surface area contributed by atoms with Crippen molar-refractivity contribution in [3.8, 4) is 12.3 Å². The Hall–Kier alpha value is -1.75. The molecule has 2 nitrogen and oxygen atoms in total. The molecular formula is C14H15NO. The van der Waals surface area contributed by atoms with Gasteiger partial charge >= 0.3 is 0 Å². The van der Waals surface area contributed by atoms with E-state index in [1.807, 2.05) is 19.1 Å². The molecule has 0 aliphatic heterocycles. The first kappa shape index (κ1) is 10.8. The molecule has 0 bridgehead atoms. The summed E-state index contributed by atoms with van der Waals surface area (Å²) < 4.78 is 0. The molecule has 82 valence electrons. The number of fused-ring (bicyclic) bond motifs is 1. The molecular weight excluding hydrogens is 198 g/mol. The number of carbonyl (C=O) groups excluding carboxylic acids is 1. The van der Waals surface area contributed by atoms with Crippen LogP contribution in [-0.2, 0) is 17.6 Å². The average molecular weight is 213 g/mol. The van der Waals surface area contributed by atoms with Crippen LogP contribution in [0.5, 0.6) is 0 Å². The van der Waals surface area contributed by atoms with Crippen LogP contribution in [0.1, 0.15) is 18.1 Å². The molecule has 0 saturated heterocycles. The normalized spacial score (nSPS) is 16.2. The van der Waals surface area contributed by atoms with E-state index in [1.165, 1.54) is 11.1 Å². The van der Waals surface area contributed by atoms with Crippen LogP contribution in [0.3, 0.4) is 0 Å². The predicted molar refractivity (Wildman–Crippen MR) is 63.8 cm³/mol. The van der Waals surface area contributed by atoms with Crippen LogP contribution >= 0.6 is 0 Å². The number of hydrogen-bond acceptors (Lipinski definition) is 1. The molecule has 0 aromatic heterocycles. The highest BCUT2D eigenvalue weighted by atomic mass is 16.1. The van der Waals surface area contributed by atoms with Crippen molar-refractivity contribution in [2.24, 2.45) is 5.92 Å². The number of hydrogen-bond donors (Lipinski definition) is 1. The highest BCUT2D eigenvalue weighted by molar-refractivity contribution is 5.80. The number of amides is 1. The van der Waals surface area contributed by atoms with E-state index in [1.54, 1.807) is 0 Å². The van der Waals surface area contributed by atoms with Crippen molar-refractivity contribution in [2.45, 2.75) is 25.8 Å². The lowest BCUT2D eigenvalue weighted by Crippen LogP contribution is -2.36. The predicted octanol–water partition coefficient (Wildman–Crippen LogP) is 1.54. The molecule has 1 atom stereocenters. The van der Waals surface area contributed by atoms with E-state index < -0.39 is 0 Å². The molecule has 2 rings (SSSR count). The van der Waals surface area contributed by atoms with Gasteiger partial charge in [-0.15, -0.1) is 6.42 Å². The summed E-state index contributed by atoms with van der Waals surface area (Å²) >= 11 is 0. The molecule has 1 aliphatic carbocycles. The minimum atomic E-state index is -0.184. The van der Waals surface area contributed by atoms with Crippen molar-refractivity contribution in [1.82, 2.24) is 5.32 Å². The molecule has 0 saturated carbocycles. The van der Waals surface area contributed by atoms with Gasteiger partial charge in [0.05, 0.1) is 6.04 Å². The fraction of sp³-hybridized carbons (Fsp3) is 0.357. The maximum absolute atomic E-state index is 11.9. The van der Waals surface area contributed by atoms with Gasteiger partial charge in [-0.2, -0.15) is 0 Å². The summed E-state index contributed by atoms with van der Waals surface area (Å²) in [5.74, 6) is 2.63. The van der Waals surface area contributed by atoms with Crippen LogP contribution in [0.2, 0.25) is 0 Å². The summed E-state index contributed by atoms with van der Waals surface area (Å²) in [6.07, 6.45) is 6.90. The van der Waals surface area contributed by atoms with E-state index in [0.717, 1.165) is 12.8 Å². The molecule has 0 radical (unpaired) electrons. The molecule has 1 amide bonds. The topological polar surface area (TPSA) is 29.1 Å². The second-order valence-electron chi connectivity index (χ2n) is 4.27. The zero-order valence-electron chi connectivity index (χ0n) is 9.36. The zero-order chi connectivity index (χ0) is 11.5. The Bertz CT molecular complexity index is 419. The summed E-state index contributed by atoms with van der Waals surface area (Å²) in [7, 11) is 0. The van der Waals surface area contributed by atoms with E-state index in [0.29, 0.717) is 0 Å². The lowest BCUT2D eigenvalue weighted by atomic mass is 10.1. The van der Waals surface area contributed by atoms with Crippen LogP contribution in [0.4, 0.5) is 0 Å². The average Bonchev–Trinajstić information content (AvgIpc) is 2.72. The summed E-state index contributed by atoms with van der Waals surface area (Å²) in [6.45, 7) is 1.82. The van der Waals surface area contributed by atoms with Gasteiger partial charge in [0, 0.05) is 5.92 Å². The maximum Gasteiger partial charge on any atom is 0.224 e. The highest BCUT2D eigenvalue weighted by Crippen LogP contribution is 2.26. The summed E-state index contributed by atoms with van der Waals surface area (Å²) in [5, 5.41) is 2.83. The Balaban J connectivity index is 2.01. The van der Waals surface area contributed by atoms with Gasteiger partial charge < -0.3 is 5.32 Å². The van der Waals surface area contributed by atoms with Crippen LogP contribution in [0.15, 0.2) is 24.3 Å². The SMILES string of the molecule is C#CC(C)NC(=O)C1Cc2ccccc2C1. The maximum atomic E-state index is 11.9. The van der Waals surface area contributed by atoms with Crippen molar-refractivity contribution in [1.29, 1.82) is 0 Å². The van der Waals surface area contributed by atoms with Crippen molar-refractivity contribution < 1.29 is 4.79 Å². The summed E-state index contributed by atoms with van der Waals surface area (Å²) in [5.41, 5.74) is 2.58. The molecule has 0 fully saturated rings. The van der Waals surface area contributed by atoms with E-state index in [4.69, 9.17) is 6.42 Å². The first-order valence-electron chi connectivity index (χ1n) is 5.54. The molecule has 1 N–H and O–H groups in total. The largest absolute Gasteiger partial charge is 0.342 e. The van der Waals surface area contributed by atoms with Gasteiger partial charge in [0.25, 0.3) is 0 Å². The molecule has 1 aromatic rings. The van der Waals surface area contributed by atoms with Crippen LogP contribution in [-0.4, -0.2) is 11.9 Å². The third kappa shape index (κ3) is 2.09. The Morgan fingerprint density at radius 1 is 1.44 bits per heavy atom. The first-order valence-corrected chi connectivity index (χ1v) is 5.54. The van der Waals surface area contributed by atoms with Crippen LogP contribution in [0.25, 0.3) is 0 Å². The Morgan fingerprint density at radius 3 is 2.50 bits per heavy atom. The second-order valence-corrected chi connectivity index (χ2v) is 4.27. The molecule has 1 aromatic carbocycles. The standard InChI is InChI=1S/C14H15NO/c1-3-10(2)15-14(16)13-8-11-6-4-5-7-12(11)9-13/h1,4-7,10,13H,8-9H2,2H3,(H,15,16). The van der Waals surface area contributed by atoms with Gasteiger partial charge in [0.2, 0.25) is 5.91 Å². The van der Waals surface area contributed by atoms with Gasteiger partial charge in [-0.25, -0.2) is 0 Å². The van der Waals surface area contributed by atoms with Crippen molar-refractivity contribution in [3.05, 3.63) is 35.4 Å². The van der Waals surface area contributed by atoms with Crippen LogP contribution < -0.4 is 5.32 Å². The van der Waals surface area contributed by atoms with E-state index in [2.05, 4.69) is 23.4 Å². The van der Waals surface area contributed by atoms with Gasteiger partial charge in [0.15, 0.2) is 0 Å². The number of rotatable bonds is 2. The summed E-state index contributed by atoms with van der Waals surface area (Å²) in [4.78, 5) is 11.9. The number of benzene rings is 1. The van der Waals surface area contributed by atoms with Crippen molar-refractivity contribution in [3.63, 3.8) is 0 Å². The minimum absolute atomic E-state index is 0.0493. The van der Waals surface area contributed by atoms with Gasteiger partial charge in [-0.3, -0.25) is 4.79 Å². The first-order chi connectivity index (χ1) is 7.70. The quantitative estimate of drug-likeness (QED) is 0.742. The van der Waals surface area contributed by atoms with Crippen LogP contribution in [0, 0.1) is 18.3 Å². The molecule has 0 heterocycles. The third-order valence-electron chi connectivity index (χ3n) is 3.03. The van der Waals surface area contributed by atoms with Gasteiger partial charge in [0.1, 0.15) is 0 Å². The highest BCUT2D eigenvalue weighted by Gasteiger charge is 2.27. The summed E-state index contributed by atoms with van der Waals surface area (Å²) in [6, 6.07) is 8.03. The Morgan fingerprint density at radius 2 is 2.00 bits per heavy atom. The fourth-order valence-corrected chi connectivity index (χ4v) is 2.12. The van der Waals surface area contributed by atoms with Gasteiger partial charge in [-0.1, -0.05) is 30.2 Å². The third-order valence-corrected chi connectivity index (χ3v) is 3.03. The van der Waals surface area contributed by atoms with E-state index in [9.17, 15) is 4.79 Å². The smallest absolute Gasteiger partial charge is 0.224 e. The number of nitrogens with one attached hydrogen (secondary N) is 1. The molecule has 0 spiro atoms. The lowest BCUT2D eigenvalue weighted by molar-refractivity contribution is -0.125.